The molecule has 0 aliphatic carbocycles. The lowest BCUT2D eigenvalue weighted by Gasteiger charge is -2.23. The highest BCUT2D eigenvalue weighted by Gasteiger charge is 2.48. The zero-order valence-electron chi connectivity index (χ0n) is 22.2. The van der Waals surface area contributed by atoms with Crippen molar-refractivity contribution in [3.8, 4) is 5.75 Å². The average Bonchev–Trinajstić information content (AvgIpc) is 3.55. The normalized spacial score (nSPS) is 16.4. The molecule has 1 aliphatic rings. The number of amides is 1. The minimum Gasteiger partial charge on any atom is -0.507 e. The van der Waals surface area contributed by atoms with Crippen LogP contribution in [0.2, 0.25) is 0 Å². The number of nitrogens with zero attached hydrogens (tertiary/aromatic N) is 3. The molecule has 1 saturated heterocycles. The summed E-state index contributed by atoms with van der Waals surface area (Å²) in [5.74, 6) is -0.439. The highest BCUT2D eigenvalue weighted by atomic mass is 32.2. The molecule has 9 heteroatoms. The number of Topliss-reactive ketones (excluding diaryl/α,β-unsaturated/α-hetero) is 1. The maximum atomic E-state index is 13.5. The molecule has 2 heterocycles. The number of ketones is 1. The molecule has 3 aromatic carbocycles. The van der Waals surface area contributed by atoms with Crippen molar-refractivity contribution in [3.63, 3.8) is 0 Å². The van der Waals surface area contributed by atoms with E-state index in [2.05, 4.69) is 41.4 Å². The molecular weight excluding hydrogens is 542 g/mol. The minimum atomic E-state index is -0.891. The Kier molecular flexibility index (Phi) is 8.62. The van der Waals surface area contributed by atoms with Gasteiger partial charge < -0.3 is 9.84 Å². The van der Waals surface area contributed by atoms with E-state index in [1.165, 1.54) is 33.6 Å². The van der Waals surface area contributed by atoms with Gasteiger partial charge >= 0.3 is 5.91 Å². The molecule has 1 aromatic heterocycles. The molecule has 1 fully saturated rings. The van der Waals surface area contributed by atoms with Gasteiger partial charge in [-0.15, -0.1) is 10.2 Å². The van der Waals surface area contributed by atoms with Gasteiger partial charge in [-0.3, -0.25) is 14.5 Å². The van der Waals surface area contributed by atoms with E-state index in [1.54, 1.807) is 24.3 Å². The van der Waals surface area contributed by atoms with Gasteiger partial charge in [0.15, 0.2) is 4.34 Å². The first-order valence-corrected chi connectivity index (χ1v) is 14.9. The van der Waals surface area contributed by atoms with E-state index in [9.17, 15) is 14.7 Å². The molecule has 1 unspecified atom stereocenters. The van der Waals surface area contributed by atoms with Crippen LogP contribution in [0.3, 0.4) is 0 Å². The van der Waals surface area contributed by atoms with Gasteiger partial charge in [-0.25, -0.2) is 0 Å². The molecule has 40 heavy (non-hydrogen) atoms. The van der Waals surface area contributed by atoms with Gasteiger partial charge in [0.1, 0.15) is 11.5 Å². The summed E-state index contributed by atoms with van der Waals surface area (Å²) in [5, 5.41) is 20.2. The Morgan fingerprint density at radius 2 is 1.80 bits per heavy atom. The van der Waals surface area contributed by atoms with Crippen LogP contribution in [-0.2, 0) is 15.3 Å². The number of rotatable bonds is 10. The predicted molar refractivity (Wildman–Crippen MR) is 159 cm³/mol. The van der Waals surface area contributed by atoms with E-state index in [0.29, 0.717) is 38.7 Å². The Balaban J connectivity index is 1.52. The quantitative estimate of drug-likeness (QED) is 0.0550. The number of ether oxygens (including phenoxy) is 1. The van der Waals surface area contributed by atoms with Gasteiger partial charge in [0.05, 0.1) is 18.2 Å². The molecule has 1 amide bonds. The number of hydrogen-bond donors (Lipinski definition) is 1. The highest BCUT2D eigenvalue weighted by molar-refractivity contribution is 8.00. The summed E-state index contributed by atoms with van der Waals surface area (Å²) in [6.07, 6.45) is 1.91. The van der Waals surface area contributed by atoms with Gasteiger partial charge in [0.2, 0.25) is 5.13 Å². The Labute approximate surface area is 241 Å². The molecule has 1 atom stereocenters. The number of aliphatic hydroxyl groups is 1. The third kappa shape index (κ3) is 5.95. The summed E-state index contributed by atoms with van der Waals surface area (Å²) in [4.78, 5) is 28.3. The molecule has 204 valence electrons. The number of carbonyl (C=O) groups is 2. The largest absolute Gasteiger partial charge is 0.507 e. The number of aryl methyl sites for hydroxylation is 1. The van der Waals surface area contributed by atoms with Gasteiger partial charge in [-0.1, -0.05) is 109 Å². The second-order valence-corrected chi connectivity index (χ2v) is 11.6. The fourth-order valence-electron chi connectivity index (χ4n) is 4.39. The SMILES string of the molecule is CCCCOc1cccc(C2C(=C(O)c3ccccc3)C(=O)C(=O)N2c2nnc(SCc3ccc(C)cc3)s2)c1. The minimum absolute atomic E-state index is 0.00552. The Hall–Kier alpha value is -3.95. The van der Waals surface area contributed by atoms with Crippen molar-refractivity contribution < 1.29 is 19.4 Å². The standard InChI is InChI=1S/C31H29N3O4S2/c1-3-4-17-38-24-12-8-11-23(18-24)26-25(27(35)22-9-6-5-7-10-22)28(36)29(37)34(26)30-32-33-31(40-30)39-19-21-15-13-20(2)14-16-21/h5-16,18,26,35H,3-4,17,19H2,1-2H3. The number of aromatic nitrogens is 2. The van der Waals surface area contributed by atoms with Crippen molar-refractivity contribution in [2.75, 3.05) is 11.5 Å². The van der Waals surface area contributed by atoms with Gasteiger partial charge in [-0.05, 0) is 36.6 Å². The predicted octanol–water partition coefficient (Wildman–Crippen LogP) is 6.94. The molecule has 1 N–H and O–H groups in total. The van der Waals surface area contributed by atoms with E-state index >= 15 is 0 Å². The van der Waals surface area contributed by atoms with Gasteiger partial charge in [0, 0.05) is 11.3 Å². The lowest BCUT2D eigenvalue weighted by Crippen LogP contribution is -2.29. The molecule has 0 spiro atoms. The van der Waals surface area contributed by atoms with Crippen molar-refractivity contribution in [2.45, 2.75) is 42.8 Å². The van der Waals surface area contributed by atoms with Crippen LogP contribution in [0, 0.1) is 6.92 Å². The first-order valence-electron chi connectivity index (χ1n) is 13.1. The fraction of sp³-hybridized carbons (Fsp3) is 0.226. The maximum absolute atomic E-state index is 13.5. The lowest BCUT2D eigenvalue weighted by molar-refractivity contribution is -0.132. The second kappa shape index (κ2) is 12.5. The molecule has 0 radical (unpaired) electrons. The Morgan fingerprint density at radius 3 is 2.55 bits per heavy atom. The molecular formula is C31H29N3O4S2. The highest BCUT2D eigenvalue weighted by Crippen LogP contribution is 2.44. The Bertz CT molecular complexity index is 1530. The molecule has 0 bridgehead atoms. The van der Waals surface area contributed by atoms with E-state index in [4.69, 9.17) is 4.74 Å². The maximum Gasteiger partial charge on any atom is 0.301 e. The summed E-state index contributed by atoms with van der Waals surface area (Å²) in [6, 6.07) is 23.4. The van der Waals surface area contributed by atoms with E-state index in [1.807, 2.05) is 37.3 Å². The van der Waals surface area contributed by atoms with Crippen LogP contribution in [0.5, 0.6) is 5.75 Å². The average molecular weight is 572 g/mol. The second-order valence-electron chi connectivity index (χ2n) is 9.43. The number of unbranched alkanes of at least 4 members (excludes halogenated alkanes) is 1. The van der Waals surface area contributed by atoms with Crippen molar-refractivity contribution in [1.82, 2.24) is 10.2 Å². The zero-order chi connectivity index (χ0) is 28.1. The smallest absolute Gasteiger partial charge is 0.301 e. The molecule has 4 aromatic rings. The number of hydrogen-bond acceptors (Lipinski definition) is 8. The van der Waals surface area contributed by atoms with Crippen molar-refractivity contribution in [1.29, 1.82) is 0 Å². The summed E-state index contributed by atoms with van der Waals surface area (Å²) >= 11 is 2.76. The summed E-state index contributed by atoms with van der Waals surface area (Å²) in [7, 11) is 0. The summed E-state index contributed by atoms with van der Waals surface area (Å²) in [5.41, 5.74) is 3.43. The number of carbonyl (C=O) groups excluding carboxylic acids is 2. The summed E-state index contributed by atoms with van der Waals surface area (Å²) < 4.78 is 6.59. The van der Waals surface area contributed by atoms with Crippen LogP contribution in [0.25, 0.3) is 5.76 Å². The van der Waals surface area contributed by atoms with Crippen LogP contribution < -0.4 is 9.64 Å². The van der Waals surface area contributed by atoms with E-state index in [0.717, 1.165) is 18.4 Å². The molecule has 7 nitrogen and oxygen atoms in total. The number of thioether (sulfide) groups is 1. The number of aliphatic hydroxyl groups excluding tert-OH is 1. The van der Waals surface area contributed by atoms with Crippen LogP contribution >= 0.6 is 23.1 Å². The monoisotopic (exact) mass is 571 g/mol. The third-order valence-corrected chi connectivity index (χ3v) is 8.64. The first kappa shape index (κ1) is 27.6. The molecule has 0 saturated carbocycles. The number of benzene rings is 3. The van der Waals surface area contributed by atoms with Crippen LogP contribution in [-0.4, -0.2) is 33.6 Å². The van der Waals surface area contributed by atoms with Crippen LogP contribution in [0.4, 0.5) is 5.13 Å². The van der Waals surface area contributed by atoms with Gasteiger partial charge in [0.25, 0.3) is 5.78 Å². The summed E-state index contributed by atoms with van der Waals surface area (Å²) in [6.45, 7) is 4.69. The first-order chi connectivity index (χ1) is 19.5. The van der Waals surface area contributed by atoms with Crippen LogP contribution in [0.15, 0.2) is 88.8 Å². The van der Waals surface area contributed by atoms with Crippen molar-refractivity contribution >= 4 is 45.7 Å². The zero-order valence-corrected chi connectivity index (χ0v) is 23.9. The van der Waals surface area contributed by atoms with Crippen LogP contribution in [0.1, 0.15) is 48.1 Å². The molecule has 5 rings (SSSR count). The van der Waals surface area contributed by atoms with Crippen molar-refractivity contribution in [3.05, 3.63) is 107 Å². The number of anilines is 1. The van der Waals surface area contributed by atoms with E-state index in [-0.39, 0.29) is 11.3 Å². The Morgan fingerprint density at radius 1 is 1.02 bits per heavy atom. The fourth-order valence-corrected chi connectivity index (χ4v) is 6.22. The van der Waals surface area contributed by atoms with Crippen molar-refractivity contribution in [2.24, 2.45) is 0 Å². The molecule has 1 aliphatic heterocycles. The lowest BCUT2D eigenvalue weighted by atomic mass is 9.95. The van der Waals surface area contributed by atoms with E-state index < -0.39 is 17.7 Å². The van der Waals surface area contributed by atoms with Gasteiger partial charge in [-0.2, -0.15) is 0 Å². The topological polar surface area (TPSA) is 92.6 Å². The third-order valence-electron chi connectivity index (χ3n) is 6.52.